The second-order valence-electron chi connectivity index (χ2n) is 7.86. The minimum atomic E-state index is 0.729. The molecule has 1 aliphatic carbocycles. The summed E-state index contributed by atoms with van der Waals surface area (Å²) in [5.41, 5.74) is 9.85. The topological polar surface area (TPSA) is 4.93 Å². The summed E-state index contributed by atoms with van der Waals surface area (Å²) in [7, 11) is 0. The molecule has 1 heterocycles. The Balaban J connectivity index is 1.86. The van der Waals surface area contributed by atoms with Gasteiger partial charge in [0, 0.05) is 28.8 Å². The van der Waals surface area contributed by atoms with Gasteiger partial charge in [-0.3, -0.25) is 0 Å². The third kappa shape index (κ3) is 3.31. The summed E-state index contributed by atoms with van der Waals surface area (Å²) in [6.45, 7) is 6.52. The predicted molar refractivity (Wildman–Crippen MR) is 132 cm³/mol. The monoisotopic (exact) mass is 399 g/mol. The minimum absolute atomic E-state index is 0.729. The van der Waals surface area contributed by atoms with Crippen molar-refractivity contribution in [2.75, 3.05) is 0 Å². The van der Waals surface area contributed by atoms with E-state index < -0.39 is 0 Å². The average molecular weight is 400 g/mol. The summed E-state index contributed by atoms with van der Waals surface area (Å²) < 4.78 is 2.38. The number of allylic oxidation sites excluding steroid dienone is 2. The molecule has 0 unspecified atom stereocenters. The molecule has 5 rings (SSSR count). The Labute approximate surface area is 184 Å². The van der Waals surface area contributed by atoms with E-state index in [1.165, 1.54) is 44.5 Å². The lowest BCUT2D eigenvalue weighted by Gasteiger charge is -2.17. The number of para-hydroxylation sites is 2. The van der Waals surface area contributed by atoms with E-state index in [0.717, 1.165) is 24.8 Å². The molecule has 3 aromatic carbocycles. The standard InChI is InChI=1S/C30H25N/c1-3-22(2)24-16-10-11-17-25(24)26-18-8-5-9-21-29-30(26)27-19-12-13-20-28(27)31(29)23-14-6-4-7-15-23/h4,6-7,10-20H,2-3,8,21H2,1H3/b26-18-. The highest BCUT2D eigenvalue weighted by Crippen LogP contribution is 2.40. The van der Waals surface area contributed by atoms with Gasteiger partial charge in [0.25, 0.3) is 0 Å². The van der Waals surface area contributed by atoms with Crippen LogP contribution in [0.4, 0.5) is 0 Å². The van der Waals surface area contributed by atoms with Gasteiger partial charge in [0.2, 0.25) is 0 Å². The first kappa shape index (κ1) is 19.2. The molecule has 1 aliphatic rings. The van der Waals surface area contributed by atoms with Crippen LogP contribution in [0.3, 0.4) is 0 Å². The molecule has 150 valence electrons. The van der Waals surface area contributed by atoms with Gasteiger partial charge in [-0.05, 0) is 46.9 Å². The van der Waals surface area contributed by atoms with Gasteiger partial charge in [0.05, 0.1) is 11.9 Å². The third-order valence-electron chi connectivity index (χ3n) is 6.07. The minimum Gasteiger partial charge on any atom is -0.312 e. The summed E-state index contributed by atoms with van der Waals surface area (Å²) in [5.74, 6) is 6.75. The van der Waals surface area contributed by atoms with E-state index in [2.05, 4.69) is 115 Å². The molecule has 1 nitrogen and oxygen atoms in total. The Bertz CT molecular complexity index is 1370. The molecule has 4 aromatic rings. The van der Waals surface area contributed by atoms with Crippen molar-refractivity contribution in [3.05, 3.63) is 114 Å². The van der Waals surface area contributed by atoms with Gasteiger partial charge in [-0.1, -0.05) is 92.1 Å². The van der Waals surface area contributed by atoms with Crippen LogP contribution in [0.5, 0.6) is 0 Å². The molecule has 0 fully saturated rings. The van der Waals surface area contributed by atoms with E-state index in [1.807, 2.05) is 0 Å². The lowest BCUT2D eigenvalue weighted by atomic mass is 9.87. The van der Waals surface area contributed by atoms with Crippen LogP contribution in [0.2, 0.25) is 0 Å². The average Bonchev–Trinajstić information content (AvgIpc) is 3.12. The van der Waals surface area contributed by atoms with Crippen LogP contribution >= 0.6 is 0 Å². The molecule has 0 saturated heterocycles. The van der Waals surface area contributed by atoms with Crippen molar-refractivity contribution in [3.63, 3.8) is 0 Å². The quantitative estimate of drug-likeness (QED) is 0.314. The van der Waals surface area contributed by atoms with Crippen molar-refractivity contribution < 1.29 is 0 Å². The summed E-state index contributed by atoms with van der Waals surface area (Å²) in [4.78, 5) is 0. The third-order valence-corrected chi connectivity index (χ3v) is 6.07. The van der Waals surface area contributed by atoms with E-state index >= 15 is 0 Å². The van der Waals surface area contributed by atoms with Crippen LogP contribution in [0.25, 0.3) is 27.7 Å². The maximum atomic E-state index is 4.35. The first-order chi connectivity index (χ1) is 15.3. The molecule has 31 heavy (non-hydrogen) atoms. The fourth-order valence-corrected chi connectivity index (χ4v) is 4.57. The van der Waals surface area contributed by atoms with Crippen LogP contribution < -0.4 is 0 Å². The Kier molecular flexibility index (Phi) is 5.06. The number of aromatic nitrogens is 1. The van der Waals surface area contributed by atoms with Gasteiger partial charge in [-0.2, -0.15) is 0 Å². The van der Waals surface area contributed by atoms with Crippen molar-refractivity contribution in [1.29, 1.82) is 0 Å². The molecule has 0 amide bonds. The Morgan fingerprint density at radius 2 is 1.65 bits per heavy atom. The van der Waals surface area contributed by atoms with Crippen LogP contribution in [-0.4, -0.2) is 4.57 Å². The van der Waals surface area contributed by atoms with Crippen LogP contribution in [0.15, 0.2) is 91.5 Å². The fourth-order valence-electron chi connectivity index (χ4n) is 4.57. The fraction of sp³-hybridized carbons (Fsp3) is 0.133. The summed E-state index contributed by atoms with van der Waals surface area (Å²) in [6, 6.07) is 28.0. The highest BCUT2D eigenvalue weighted by Gasteiger charge is 2.23. The number of benzene rings is 3. The van der Waals surface area contributed by atoms with Crippen LogP contribution in [-0.2, 0) is 6.42 Å². The van der Waals surface area contributed by atoms with Crippen molar-refractivity contribution >= 4 is 22.0 Å². The van der Waals surface area contributed by atoms with Gasteiger partial charge < -0.3 is 4.57 Å². The number of rotatable bonds is 4. The molecule has 1 aromatic heterocycles. The zero-order valence-corrected chi connectivity index (χ0v) is 17.9. The van der Waals surface area contributed by atoms with E-state index in [0.29, 0.717) is 0 Å². The van der Waals surface area contributed by atoms with Gasteiger partial charge >= 0.3 is 0 Å². The van der Waals surface area contributed by atoms with E-state index in [1.54, 1.807) is 0 Å². The molecular weight excluding hydrogens is 374 g/mol. The zero-order valence-electron chi connectivity index (χ0n) is 17.9. The summed E-state index contributed by atoms with van der Waals surface area (Å²) >= 11 is 0. The summed E-state index contributed by atoms with van der Waals surface area (Å²) in [6.07, 6.45) is 4.72. The smallest absolute Gasteiger partial charge is 0.0538 e. The van der Waals surface area contributed by atoms with Crippen molar-refractivity contribution in [2.24, 2.45) is 0 Å². The maximum absolute atomic E-state index is 4.35. The molecule has 0 spiro atoms. The lowest BCUT2D eigenvalue weighted by Crippen LogP contribution is -2.04. The number of nitrogens with zero attached hydrogens (tertiary/aromatic N) is 1. The molecule has 0 bridgehead atoms. The predicted octanol–water partition coefficient (Wildman–Crippen LogP) is 7.44. The summed E-state index contributed by atoms with van der Waals surface area (Å²) in [5, 5.41) is 1.27. The lowest BCUT2D eigenvalue weighted by molar-refractivity contribution is 1.01. The number of hydrogen-bond acceptors (Lipinski definition) is 0. The van der Waals surface area contributed by atoms with Gasteiger partial charge in [0.1, 0.15) is 0 Å². The normalized spacial score (nSPS) is 14.5. The van der Waals surface area contributed by atoms with Gasteiger partial charge in [0.15, 0.2) is 0 Å². The second-order valence-corrected chi connectivity index (χ2v) is 7.86. The zero-order chi connectivity index (χ0) is 21.2. The number of hydrogen-bond donors (Lipinski definition) is 0. The maximum Gasteiger partial charge on any atom is 0.0538 e. The Morgan fingerprint density at radius 1 is 0.903 bits per heavy atom. The SMILES string of the molecule is C=C(CC)c1ccccc1/C1=C/CC#CCc2c1c1ccccc1n2-c1ccccc1. The van der Waals surface area contributed by atoms with E-state index in [4.69, 9.17) is 0 Å². The van der Waals surface area contributed by atoms with Crippen molar-refractivity contribution in [3.8, 4) is 17.5 Å². The van der Waals surface area contributed by atoms with E-state index in [9.17, 15) is 0 Å². The van der Waals surface area contributed by atoms with Crippen molar-refractivity contribution in [1.82, 2.24) is 4.57 Å². The second kappa shape index (κ2) is 8.17. The Hall–Kier alpha value is -3.76. The molecule has 0 saturated carbocycles. The van der Waals surface area contributed by atoms with Gasteiger partial charge in [-0.15, -0.1) is 0 Å². The largest absolute Gasteiger partial charge is 0.312 e. The molecule has 1 heteroatoms. The molecule has 0 atom stereocenters. The number of fused-ring (bicyclic) bond motifs is 3. The Morgan fingerprint density at radius 3 is 2.48 bits per heavy atom. The van der Waals surface area contributed by atoms with Crippen LogP contribution in [0.1, 0.15) is 42.1 Å². The first-order valence-corrected chi connectivity index (χ1v) is 10.9. The van der Waals surface area contributed by atoms with Crippen molar-refractivity contribution in [2.45, 2.75) is 26.2 Å². The first-order valence-electron chi connectivity index (χ1n) is 10.9. The highest BCUT2D eigenvalue weighted by molar-refractivity contribution is 6.01. The van der Waals surface area contributed by atoms with Gasteiger partial charge in [-0.25, -0.2) is 0 Å². The molecule has 0 radical (unpaired) electrons. The highest BCUT2D eigenvalue weighted by atomic mass is 15.0. The van der Waals surface area contributed by atoms with Crippen LogP contribution in [0, 0.1) is 11.8 Å². The molecule has 0 N–H and O–H groups in total. The van der Waals surface area contributed by atoms with E-state index in [-0.39, 0.29) is 0 Å². The molecule has 0 aliphatic heterocycles. The molecular formula is C30H25N.